The van der Waals surface area contributed by atoms with Gasteiger partial charge in [0.05, 0.1) is 0 Å². The van der Waals surface area contributed by atoms with Crippen molar-refractivity contribution in [1.82, 2.24) is 0 Å². The maximum absolute atomic E-state index is 3.68. The van der Waals surface area contributed by atoms with Gasteiger partial charge in [-0.1, -0.05) is 135 Å². The van der Waals surface area contributed by atoms with Crippen LogP contribution in [0.3, 0.4) is 0 Å². The molecule has 1 heterocycles. The van der Waals surface area contributed by atoms with Crippen LogP contribution in [0, 0.1) is 0 Å². The monoisotopic (exact) mass is 652 g/mol. The van der Waals surface area contributed by atoms with Crippen LogP contribution >= 0.6 is 0 Å². The number of hydrogen-bond acceptors (Lipinski definition) is 2. The van der Waals surface area contributed by atoms with Gasteiger partial charge in [-0.25, -0.2) is 0 Å². The molecule has 0 spiro atoms. The van der Waals surface area contributed by atoms with Gasteiger partial charge in [-0.05, 0) is 110 Å². The smallest absolute Gasteiger partial charge is 0.0470 e. The molecule has 2 aliphatic rings. The van der Waals surface area contributed by atoms with Crippen molar-refractivity contribution in [3.63, 3.8) is 0 Å². The highest BCUT2D eigenvalue weighted by Gasteiger charge is 2.35. The molecular formula is C49H36N2. The lowest BCUT2D eigenvalue weighted by molar-refractivity contribution is 0.660. The molecule has 1 aliphatic carbocycles. The Kier molecular flexibility index (Phi) is 6.56. The van der Waals surface area contributed by atoms with Gasteiger partial charge in [-0.15, -0.1) is 0 Å². The summed E-state index contributed by atoms with van der Waals surface area (Å²) >= 11 is 0. The molecule has 2 heteroatoms. The van der Waals surface area contributed by atoms with E-state index in [1.54, 1.807) is 0 Å². The Morgan fingerprint density at radius 3 is 1.75 bits per heavy atom. The van der Waals surface area contributed by atoms with E-state index < -0.39 is 0 Å². The normalized spacial score (nSPS) is 13.2. The minimum Gasteiger partial charge on any atom is -0.354 e. The SMILES string of the molecule is CC1(C)c2ccccc2-c2ccc(N(c3ccc(-c4ccccc4)cc3)c3ccc(-c4ccc5c(c4)-c4cccc6cccc(c46)N5)cc3)cc21. The molecular weight excluding hydrogens is 617 g/mol. The third kappa shape index (κ3) is 4.71. The van der Waals surface area contributed by atoms with Crippen molar-refractivity contribution in [3.8, 4) is 44.5 Å². The van der Waals surface area contributed by atoms with Crippen LogP contribution in [-0.4, -0.2) is 0 Å². The lowest BCUT2D eigenvalue weighted by atomic mass is 9.82. The van der Waals surface area contributed by atoms with Gasteiger partial charge >= 0.3 is 0 Å². The zero-order chi connectivity index (χ0) is 34.1. The lowest BCUT2D eigenvalue weighted by Gasteiger charge is -2.28. The fourth-order valence-electron chi connectivity index (χ4n) is 8.39. The Bertz CT molecular complexity index is 2610. The predicted octanol–water partition coefficient (Wildman–Crippen LogP) is 13.7. The van der Waals surface area contributed by atoms with E-state index in [9.17, 15) is 0 Å². The highest BCUT2D eigenvalue weighted by Crippen LogP contribution is 2.51. The number of benzene rings is 8. The van der Waals surface area contributed by atoms with E-state index in [0.29, 0.717) is 0 Å². The van der Waals surface area contributed by atoms with Crippen molar-refractivity contribution in [2.45, 2.75) is 19.3 Å². The highest BCUT2D eigenvalue weighted by atomic mass is 15.1. The molecule has 0 aromatic heterocycles. The van der Waals surface area contributed by atoms with E-state index in [1.807, 2.05) is 0 Å². The van der Waals surface area contributed by atoms with E-state index >= 15 is 0 Å². The third-order valence-electron chi connectivity index (χ3n) is 11.0. The van der Waals surface area contributed by atoms with Gasteiger partial charge in [0.2, 0.25) is 0 Å². The molecule has 0 amide bonds. The van der Waals surface area contributed by atoms with Gasteiger partial charge < -0.3 is 10.2 Å². The molecule has 0 bridgehead atoms. The quantitative estimate of drug-likeness (QED) is 0.199. The molecule has 0 unspecified atom stereocenters. The van der Waals surface area contributed by atoms with Gasteiger partial charge in [0.1, 0.15) is 0 Å². The average Bonchev–Trinajstić information content (AvgIpc) is 3.41. The Morgan fingerprint density at radius 2 is 0.980 bits per heavy atom. The first-order valence-corrected chi connectivity index (χ1v) is 17.8. The summed E-state index contributed by atoms with van der Waals surface area (Å²) in [5.74, 6) is 0. The summed E-state index contributed by atoms with van der Waals surface area (Å²) in [5.41, 5.74) is 18.4. The fraction of sp³-hybridized carbons (Fsp3) is 0.0612. The Balaban J connectivity index is 1.06. The van der Waals surface area contributed by atoms with Crippen LogP contribution < -0.4 is 10.2 Å². The van der Waals surface area contributed by atoms with Crippen molar-refractivity contribution < 1.29 is 0 Å². The second-order valence-electron chi connectivity index (χ2n) is 14.3. The van der Waals surface area contributed by atoms with Gasteiger partial charge in [0, 0.05) is 44.8 Å². The Hall–Kier alpha value is -6.38. The van der Waals surface area contributed by atoms with Gasteiger partial charge in [0.15, 0.2) is 0 Å². The fourth-order valence-corrected chi connectivity index (χ4v) is 8.39. The molecule has 242 valence electrons. The molecule has 0 saturated heterocycles. The predicted molar refractivity (Wildman–Crippen MR) is 216 cm³/mol. The van der Waals surface area contributed by atoms with Crippen LogP contribution in [0.25, 0.3) is 55.3 Å². The van der Waals surface area contributed by atoms with Crippen LogP contribution in [0.15, 0.2) is 176 Å². The summed E-state index contributed by atoms with van der Waals surface area (Å²) in [6, 6.07) is 64.4. The summed E-state index contributed by atoms with van der Waals surface area (Å²) in [6.45, 7) is 4.70. The standard InChI is InChI=1S/C49H36N2/c1-49(2)44-16-7-6-14-40(44)41-28-27-39(31-45(41)49)51(37-23-18-33(19-24-37)32-10-4-3-5-11-32)38-25-20-34(21-26-38)36-22-29-46-43(30-36)42-15-8-12-35-13-9-17-47(50-46)48(35)42/h3-31,50H,1-2H3. The molecule has 1 aliphatic heterocycles. The molecule has 0 saturated carbocycles. The number of anilines is 5. The van der Waals surface area contributed by atoms with E-state index in [2.05, 4.69) is 200 Å². The van der Waals surface area contributed by atoms with Crippen LogP contribution in [0.2, 0.25) is 0 Å². The van der Waals surface area contributed by atoms with Crippen LogP contribution in [0.1, 0.15) is 25.0 Å². The zero-order valence-corrected chi connectivity index (χ0v) is 28.7. The molecule has 8 aromatic carbocycles. The highest BCUT2D eigenvalue weighted by molar-refractivity contribution is 6.11. The molecule has 0 radical (unpaired) electrons. The minimum absolute atomic E-state index is 0.0826. The molecule has 10 rings (SSSR count). The first-order valence-electron chi connectivity index (χ1n) is 17.8. The lowest BCUT2D eigenvalue weighted by Crippen LogP contribution is -2.16. The van der Waals surface area contributed by atoms with Crippen LogP contribution in [0.4, 0.5) is 28.4 Å². The first-order chi connectivity index (χ1) is 25.0. The zero-order valence-electron chi connectivity index (χ0n) is 28.7. The molecule has 2 nitrogen and oxygen atoms in total. The maximum Gasteiger partial charge on any atom is 0.0470 e. The summed E-state index contributed by atoms with van der Waals surface area (Å²) < 4.78 is 0. The topological polar surface area (TPSA) is 15.3 Å². The molecule has 0 atom stereocenters. The van der Waals surface area contributed by atoms with E-state index in [-0.39, 0.29) is 5.41 Å². The molecule has 51 heavy (non-hydrogen) atoms. The van der Waals surface area contributed by atoms with Crippen LogP contribution in [0.5, 0.6) is 0 Å². The van der Waals surface area contributed by atoms with Crippen molar-refractivity contribution >= 4 is 39.2 Å². The second-order valence-corrected chi connectivity index (χ2v) is 14.3. The molecule has 0 fully saturated rings. The van der Waals surface area contributed by atoms with Gasteiger partial charge in [0.25, 0.3) is 0 Å². The van der Waals surface area contributed by atoms with Crippen LogP contribution in [-0.2, 0) is 5.41 Å². The van der Waals surface area contributed by atoms with Crippen molar-refractivity contribution in [2.75, 3.05) is 10.2 Å². The summed E-state index contributed by atoms with van der Waals surface area (Å²) in [4.78, 5) is 2.40. The molecule has 1 N–H and O–H groups in total. The number of nitrogens with zero attached hydrogens (tertiary/aromatic N) is 1. The number of fused-ring (bicyclic) bond motifs is 5. The van der Waals surface area contributed by atoms with Crippen molar-refractivity contribution in [3.05, 3.63) is 187 Å². The first kappa shape index (κ1) is 29.5. The second kappa shape index (κ2) is 11.3. The van der Waals surface area contributed by atoms with E-state index in [4.69, 9.17) is 0 Å². The molecule has 8 aromatic rings. The maximum atomic E-state index is 3.68. The van der Waals surface area contributed by atoms with Gasteiger partial charge in [-0.2, -0.15) is 0 Å². The van der Waals surface area contributed by atoms with Crippen molar-refractivity contribution in [2.24, 2.45) is 0 Å². The minimum atomic E-state index is -0.0826. The number of nitrogens with one attached hydrogen (secondary N) is 1. The Labute approximate surface area is 299 Å². The van der Waals surface area contributed by atoms with E-state index in [1.165, 1.54) is 72.1 Å². The third-order valence-corrected chi connectivity index (χ3v) is 11.0. The number of rotatable bonds is 5. The van der Waals surface area contributed by atoms with Gasteiger partial charge in [-0.3, -0.25) is 0 Å². The number of hydrogen-bond donors (Lipinski definition) is 1. The summed E-state index contributed by atoms with van der Waals surface area (Å²) in [7, 11) is 0. The Morgan fingerprint density at radius 1 is 0.392 bits per heavy atom. The summed E-state index contributed by atoms with van der Waals surface area (Å²) in [5, 5.41) is 6.23. The van der Waals surface area contributed by atoms with Crippen molar-refractivity contribution in [1.29, 1.82) is 0 Å². The average molecular weight is 653 g/mol. The van der Waals surface area contributed by atoms with E-state index in [0.717, 1.165) is 22.7 Å². The summed E-state index contributed by atoms with van der Waals surface area (Å²) in [6.07, 6.45) is 0. The largest absolute Gasteiger partial charge is 0.354 e.